The fourth-order valence-electron chi connectivity index (χ4n) is 2.66. The minimum absolute atomic E-state index is 0.443. The van der Waals surface area contributed by atoms with Crippen molar-refractivity contribution in [1.82, 2.24) is 20.7 Å². The second-order valence-electron chi connectivity index (χ2n) is 5.63. The van der Waals surface area contributed by atoms with E-state index in [1.54, 1.807) is 0 Å². The van der Waals surface area contributed by atoms with Gasteiger partial charge in [0.2, 0.25) is 0 Å². The molecular weight excluding hydrogens is 266 g/mol. The summed E-state index contributed by atoms with van der Waals surface area (Å²) in [5.74, 6) is 1.82. The van der Waals surface area contributed by atoms with Crippen molar-refractivity contribution in [1.29, 1.82) is 0 Å². The van der Waals surface area contributed by atoms with E-state index in [9.17, 15) is 0 Å². The standard InChI is InChI=1S/C15H21N5O/c1-11-5-6-15(18-17-11)20-7-3-4-13(10-20)16-9-14-8-12(2)21-19-14/h5-6,8,13,16H,3-4,7,9-10H2,1-2H3/t13-/m1/s1. The van der Waals surface area contributed by atoms with Crippen LogP contribution in [0.3, 0.4) is 0 Å². The summed E-state index contributed by atoms with van der Waals surface area (Å²) in [4.78, 5) is 2.29. The number of nitrogens with zero attached hydrogens (tertiary/aromatic N) is 4. The normalized spacial score (nSPS) is 19.0. The Kier molecular flexibility index (Phi) is 4.15. The van der Waals surface area contributed by atoms with E-state index >= 15 is 0 Å². The van der Waals surface area contributed by atoms with E-state index in [0.717, 1.165) is 49.0 Å². The lowest BCUT2D eigenvalue weighted by atomic mass is 10.1. The van der Waals surface area contributed by atoms with Crippen LogP contribution in [0.2, 0.25) is 0 Å². The van der Waals surface area contributed by atoms with Gasteiger partial charge in [0.15, 0.2) is 5.82 Å². The van der Waals surface area contributed by atoms with Crippen molar-refractivity contribution in [3.05, 3.63) is 35.3 Å². The first kappa shape index (κ1) is 14.0. The van der Waals surface area contributed by atoms with Gasteiger partial charge in [-0.2, -0.15) is 5.10 Å². The van der Waals surface area contributed by atoms with Gasteiger partial charge in [0, 0.05) is 31.7 Å². The summed E-state index contributed by atoms with van der Waals surface area (Å²) in [6.07, 6.45) is 2.33. The summed E-state index contributed by atoms with van der Waals surface area (Å²) in [7, 11) is 0. The molecule has 6 nitrogen and oxygen atoms in total. The van der Waals surface area contributed by atoms with Crippen LogP contribution < -0.4 is 10.2 Å². The molecule has 112 valence electrons. The Morgan fingerprint density at radius 3 is 2.95 bits per heavy atom. The zero-order valence-electron chi connectivity index (χ0n) is 12.5. The molecule has 3 rings (SSSR count). The quantitative estimate of drug-likeness (QED) is 0.925. The van der Waals surface area contributed by atoms with Gasteiger partial charge in [-0.15, -0.1) is 5.10 Å². The van der Waals surface area contributed by atoms with E-state index in [0.29, 0.717) is 6.04 Å². The number of hydrogen-bond acceptors (Lipinski definition) is 6. The molecule has 6 heteroatoms. The number of piperidine rings is 1. The Balaban J connectivity index is 1.56. The van der Waals surface area contributed by atoms with Gasteiger partial charge in [-0.05, 0) is 38.8 Å². The topological polar surface area (TPSA) is 67.1 Å². The van der Waals surface area contributed by atoms with Gasteiger partial charge in [-0.1, -0.05) is 5.16 Å². The maximum atomic E-state index is 5.09. The van der Waals surface area contributed by atoms with Crippen LogP contribution in [-0.2, 0) is 6.54 Å². The Morgan fingerprint density at radius 1 is 1.33 bits per heavy atom. The summed E-state index contributed by atoms with van der Waals surface area (Å²) < 4.78 is 5.09. The third-order valence-corrected chi connectivity index (χ3v) is 3.78. The molecule has 1 aliphatic heterocycles. The largest absolute Gasteiger partial charge is 0.361 e. The summed E-state index contributed by atoms with van der Waals surface area (Å²) in [6, 6.07) is 6.47. The molecule has 0 bridgehead atoms. The molecule has 1 N–H and O–H groups in total. The third-order valence-electron chi connectivity index (χ3n) is 3.78. The fraction of sp³-hybridized carbons (Fsp3) is 0.533. The van der Waals surface area contributed by atoms with E-state index in [-0.39, 0.29) is 0 Å². The van der Waals surface area contributed by atoms with Crippen molar-refractivity contribution in [3.8, 4) is 0 Å². The lowest BCUT2D eigenvalue weighted by Gasteiger charge is -2.33. The second kappa shape index (κ2) is 6.22. The molecule has 2 aromatic rings. The van der Waals surface area contributed by atoms with Crippen LogP contribution >= 0.6 is 0 Å². The Labute approximate surface area is 124 Å². The van der Waals surface area contributed by atoms with Gasteiger partial charge in [-0.25, -0.2) is 0 Å². The SMILES string of the molecule is Cc1ccc(N2CCC[C@@H](NCc3cc(C)on3)C2)nn1. The summed E-state index contributed by atoms with van der Waals surface area (Å²) in [6.45, 7) is 6.61. The van der Waals surface area contributed by atoms with Gasteiger partial charge in [0.1, 0.15) is 5.76 Å². The molecule has 1 aliphatic rings. The van der Waals surface area contributed by atoms with E-state index in [1.165, 1.54) is 6.42 Å². The average molecular weight is 287 g/mol. The first-order valence-electron chi connectivity index (χ1n) is 7.41. The molecule has 0 aliphatic carbocycles. The summed E-state index contributed by atoms with van der Waals surface area (Å²) in [5, 5.41) is 16.0. The highest BCUT2D eigenvalue weighted by Crippen LogP contribution is 2.17. The minimum atomic E-state index is 0.443. The zero-order chi connectivity index (χ0) is 14.7. The smallest absolute Gasteiger partial charge is 0.151 e. The van der Waals surface area contributed by atoms with Crippen molar-refractivity contribution in [2.75, 3.05) is 18.0 Å². The lowest BCUT2D eigenvalue weighted by Crippen LogP contribution is -2.45. The molecule has 0 spiro atoms. The van der Waals surface area contributed by atoms with E-state index in [2.05, 4.69) is 25.6 Å². The number of aryl methyl sites for hydroxylation is 2. The van der Waals surface area contributed by atoms with Gasteiger partial charge in [-0.3, -0.25) is 0 Å². The van der Waals surface area contributed by atoms with Crippen molar-refractivity contribution in [3.63, 3.8) is 0 Å². The fourth-order valence-corrected chi connectivity index (χ4v) is 2.66. The van der Waals surface area contributed by atoms with Crippen LogP contribution in [0.25, 0.3) is 0 Å². The van der Waals surface area contributed by atoms with Crippen LogP contribution in [0, 0.1) is 13.8 Å². The monoisotopic (exact) mass is 287 g/mol. The van der Waals surface area contributed by atoms with E-state index in [1.807, 2.05) is 32.0 Å². The first-order valence-corrected chi connectivity index (χ1v) is 7.41. The van der Waals surface area contributed by atoms with Crippen LogP contribution in [0.1, 0.15) is 30.0 Å². The molecule has 0 aromatic carbocycles. The summed E-state index contributed by atoms with van der Waals surface area (Å²) >= 11 is 0. The van der Waals surface area contributed by atoms with E-state index < -0.39 is 0 Å². The predicted molar refractivity (Wildman–Crippen MR) is 80.1 cm³/mol. The highest BCUT2D eigenvalue weighted by atomic mass is 16.5. The van der Waals surface area contributed by atoms with Crippen LogP contribution in [0.5, 0.6) is 0 Å². The van der Waals surface area contributed by atoms with E-state index in [4.69, 9.17) is 4.52 Å². The molecule has 2 aromatic heterocycles. The van der Waals surface area contributed by atoms with Gasteiger partial charge in [0.25, 0.3) is 0 Å². The van der Waals surface area contributed by atoms with Gasteiger partial charge in [0.05, 0.1) is 11.4 Å². The highest BCUT2D eigenvalue weighted by Gasteiger charge is 2.21. The molecule has 0 saturated carbocycles. The molecule has 1 fully saturated rings. The molecule has 0 unspecified atom stereocenters. The number of rotatable bonds is 4. The average Bonchev–Trinajstić information content (AvgIpc) is 2.92. The Hall–Kier alpha value is -1.95. The maximum Gasteiger partial charge on any atom is 0.151 e. The Morgan fingerprint density at radius 2 is 2.24 bits per heavy atom. The molecule has 0 radical (unpaired) electrons. The molecule has 21 heavy (non-hydrogen) atoms. The third kappa shape index (κ3) is 3.58. The number of anilines is 1. The van der Waals surface area contributed by atoms with Crippen molar-refractivity contribution < 1.29 is 4.52 Å². The lowest BCUT2D eigenvalue weighted by molar-refractivity contribution is 0.377. The number of hydrogen-bond donors (Lipinski definition) is 1. The van der Waals surface area contributed by atoms with Crippen LogP contribution in [0.4, 0.5) is 5.82 Å². The summed E-state index contributed by atoms with van der Waals surface area (Å²) in [5.41, 5.74) is 1.91. The second-order valence-corrected chi connectivity index (χ2v) is 5.63. The predicted octanol–water partition coefficient (Wildman–Crippen LogP) is 1.84. The minimum Gasteiger partial charge on any atom is -0.361 e. The zero-order valence-corrected chi connectivity index (χ0v) is 12.5. The van der Waals surface area contributed by atoms with Crippen molar-refractivity contribution >= 4 is 5.82 Å². The molecule has 3 heterocycles. The maximum absolute atomic E-state index is 5.09. The van der Waals surface area contributed by atoms with Crippen LogP contribution in [0.15, 0.2) is 22.7 Å². The molecular formula is C15H21N5O. The Bertz CT molecular complexity index is 580. The van der Waals surface area contributed by atoms with Crippen molar-refractivity contribution in [2.24, 2.45) is 0 Å². The molecule has 1 saturated heterocycles. The van der Waals surface area contributed by atoms with Gasteiger partial charge >= 0.3 is 0 Å². The first-order chi connectivity index (χ1) is 10.2. The molecule has 0 amide bonds. The van der Waals surface area contributed by atoms with Gasteiger partial charge < -0.3 is 14.7 Å². The van der Waals surface area contributed by atoms with Crippen LogP contribution in [-0.4, -0.2) is 34.5 Å². The number of aromatic nitrogens is 3. The number of nitrogens with one attached hydrogen (secondary N) is 1. The highest BCUT2D eigenvalue weighted by molar-refractivity contribution is 5.38. The molecule has 1 atom stereocenters. The van der Waals surface area contributed by atoms with Crippen molar-refractivity contribution in [2.45, 2.75) is 39.3 Å².